The van der Waals surface area contributed by atoms with Crippen molar-refractivity contribution in [1.82, 2.24) is 9.80 Å². The molecule has 2 aromatic carbocycles. The fraction of sp³-hybridized carbons (Fsp3) is 0.387. The van der Waals surface area contributed by atoms with Crippen LogP contribution in [0.5, 0.6) is 11.5 Å². The van der Waals surface area contributed by atoms with Crippen molar-refractivity contribution in [3.8, 4) is 23.3 Å². The molecule has 0 unspecified atom stereocenters. The maximum absolute atomic E-state index is 11.9. The number of nitrogens with zero attached hydrogens (tertiary/aromatic N) is 4. The van der Waals surface area contributed by atoms with Gasteiger partial charge in [-0.05, 0) is 26.0 Å². The quantitative estimate of drug-likeness (QED) is 0.0736. The molecule has 49 heavy (non-hydrogen) atoms. The van der Waals surface area contributed by atoms with Gasteiger partial charge in [-0.1, -0.05) is 24.0 Å². The SMILES string of the molecule is COC(=O)c1cc(OC)c(NC/C=C/CNc2c(OCC#CC(C)(C)N3CCN(C(=O)O)CC3)cc(C(N)=O)cc2[N+](=O)[O-])c([N+](=O)[O-])c1. The summed E-state index contributed by atoms with van der Waals surface area (Å²) in [7, 11) is 2.44. The Bertz CT molecular complexity index is 1690. The van der Waals surface area contributed by atoms with Crippen LogP contribution in [-0.2, 0) is 4.74 Å². The van der Waals surface area contributed by atoms with E-state index in [4.69, 9.17) is 15.2 Å². The van der Waals surface area contributed by atoms with Crippen molar-refractivity contribution in [3.05, 3.63) is 67.8 Å². The summed E-state index contributed by atoms with van der Waals surface area (Å²) >= 11 is 0. The van der Waals surface area contributed by atoms with Crippen LogP contribution in [0.2, 0.25) is 0 Å². The van der Waals surface area contributed by atoms with Crippen molar-refractivity contribution in [2.45, 2.75) is 19.4 Å². The fourth-order valence-corrected chi connectivity index (χ4v) is 4.89. The van der Waals surface area contributed by atoms with Gasteiger partial charge in [0.05, 0.1) is 35.2 Å². The summed E-state index contributed by atoms with van der Waals surface area (Å²) in [5.41, 5.74) is 3.69. The molecule has 0 spiro atoms. The molecular weight excluding hydrogens is 646 g/mol. The zero-order valence-corrected chi connectivity index (χ0v) is 27.3. The van der Waals surface area contributed by atoms with Crippen LogP contribution in [0.3, 0.4) is 0 Å². The third-order valence-corrected chi connectivity index (χ3v) is 7.48. The molecule has 1 fully saturated rings. The topological polar surface area (TPSA) is 242 Å². The Hall–Kier alpha value is -6.09. The van der Waals surface area contributed by atoms with Crippen molar-refractivity contribution < 1.29 is 43.5 Å². The van der Waals surface area contributed by atoms with Crippen LogP contribution in [0.15, 0.2) is 36.4 Å². The number of ether oxygens (including phenoxy) is 3. The predicted octanol–water partition coefficient (Wildman–Crippen LogP) is 2.93. The number of benzene rings is 2. The lowest BCUT2D eigenvalue weighted by molar-refractivity contribution is -0.384. The summed E-state index contributed by atoms with van der Waals surface area (Å²) < 4.78 is 15.7. The maximum atomic E-state index is 11.9. The molecule has 0 aliphatic carbocycles. The molecule has 3 rings (SSSR count). The number of nitro groups is 2. The van der Waals surface area contributed by atoms with Crippen LogP contribution >= 0.6 is 0 Å². The molecule has 1 saturated heterocycles. The number of rotatable bonds is 14. The van der Waals surface area contributed by atoms with E-state index >= 15 is 0 Å². The number of methoxy groups -OCH3 is 2. The molecule has 262 valence electrons. The highest BCUT2D eigenvalue weighted by Crippen LogP contribution is 2.37. The first-order chi connectivity index (χ1) is 23.2. The smallest absolute Gasteiger partial charge is 0.407 e. The lowest BCUT2D eigenvalue weighted by Crippen LogP contribution is -2.55. The van der Waals surface area contributed by atoms with Crippen molar-refractivity contribution in [2.24, 2.45) is 5.73 Å². The highest BCUT2D eigenvalue weighted by molar-refractivity contribution is 5.96. The van der Waals surface area contributed by atoms with Crippen LogP contribution < -0.4 is 25.8 Å². The van der Waals surface area contributed by atoms with Crippen molar-refractivity contribution in [1.29, 1.82) is 0 Å². The average Bonchev–Trinajstić information content (AvgIpc) is 3.07. The number of nitrogens with two attached hydrogens (primary N) is 1. The number of carboxylic acid groups (broad SMARTS) is 1. The van der Waals surface area contributed by atoms with E-state index in [1.807, 2.05) is 18.7 Å². The second kappa shape index (κ2) is 16.6. The van der Waals surface area contributed by atoms with E-state index in [2.05, 4.69) is 27.2 Å². The molecule has 2 aromatic rings. The Kier molecular flexibility index (Phi) is 12.7. The van der Waals surface area contributed by atoms with Gasteiger partial charge >= 0.3 is 12.1 Å². The third-order valence-electron chi connectivity index (χ3n) is 7.48. The number of esters is 1. The summed E-state index contributed by atoms with van der Waals surface area (Å²) in [6.45, 7) is 5.35. The Morgan fingerprint density at radius 1 is 0.939 bits per heavy atom. The average molecular weight is 684 g/mol. The number of anilines is 2. The van der Waals surface area contributed by atoms with Crippen LogP contribution in [0.1, 0.15) is 34.6 Å². The van der Waals surface area contributed by atoms with Gasteiger partial charge in [0.25, 0.3) is 11.4 Å². The zero-order chi connectivity index (χ0) is 36.3. The van der Waals surface area contributed by atoms with Crippen LogP contribution in [-0.4, -0.2) is 108 Å². The van der Waals surface area contributed by atoms with E-state index in [-0.39, 0.29) is 53.7 Å². The van der Waals surface area contributed by atoms with E-state index in [1.165, 1.54) is 24.1 Å². The molecular formula is C31H37N7O11. The van der Waals surface area contributed by atoms with E-state index in [9.17, 15) is 39.7 Å². The number of piperazine rings is 1. The first-order valence-electron chi connectivity index (χ1n) is 14.8. The Morgan fingerprint density at radius 3 is 1.96 bits per heavy atom. The van der Waals surface area contributed by atoms with Gasteiger partial charge in [-0.15, -0.1) is 0 Å². The number of amides is 2. The number of carbonyl (C=O) groups is 3. The molecule has 1 aliphatic rings. The molecule has 0 radical (unpaired) electrons. The fourth-order valence-electron chi connectivity index (χ4n) is 4.89. The molecule has 0 saturated carbocycles. The zero-order valence-electron chi connectivity index (χ0n) is 27.3. The van der Waals surface area contributed by atoms with Crippen LogP contribution in [0, 0.1) is 32.1 Å². The van der Waals surface area contributed by atoms with E-state index in [1.54, 1.807) is 12.2 Å². The first-order valence-corrected chi connectivity index (χ1v) is 14.8. The largest absolute Gasteiger partial charge is 0.494 e. The number of carbonyl (C=O) groups excluding carboxylic acids is 2. The van der Waals surface area contributed by atoms with Gasteiger partial charge < -0.3 is 40.6 Å². The van der Waals surface area contributed by atoms with Crippen LogP contribution in [0.25, 0.3) is 0 Å². The highest BCUT2D eigenvalue weighted by atomic mass is 16.6. The van der Waals surface area contributed by atoms with Gasteiger partial charge in [-0.2, -0.15) is 0 Å². The predicted molar refractivity (Wildman–Crippen MR) is 177 cm³/mol. The van der Waals surface area contributed by atoms with Crippen LogP contribution in [0.4, 0.5) is 27.5 Å². The molecule has 1 aliphatic heterocycles. The summed E-state index contributed by atoms with van der Waals surface area (Å²) in [5, 5.41) is 38.6. The lowest BCUT2D eigenvalue weighted by atomic mass is 10.0. The minimum Gasteiger partial charge on any atom is -0.494 e. The van der Waals surface area contributed by atoms with Crippen molar-refractivity contribution >= 4 is 40.7 Å². The van der Waals surface area contributed by atoms with Gasteiger partial charge in [-0.25, -0.2) is 9.59 Å². The number of primary amides is 1. The van der Waals surface area contributed by atoms with Crippen molar-refractivity contribution in [2.75, 3.05) is 70.7 Å². The second-order valence-corrected chi connectivity index (χ2v) is 11.0. The summed E-state index contributed by atoms with van der Waals surface area (Å²) in [6, 6.07) is 4.66. The molecule has 0 atom stereocenters. The van der Waals surface area contributed by atoms with Gasteiger partial charge in [0, 0.05) is 57.0 Å². The van der Waals surface area contributed by atoms with E-state index < -0.39 is 44.7 Å². The first kappa shape index (κ1) is 37.4. The van der Waals surface area contributed by atoms with Gasteiger partial charge in [0.1, 0.15) is 12.4 Å². The highest BCUT2D eigenvalue weighted by Gasteiger charge is 2.30. The summed E-state index contributed by atoms with van der Waals surface area (Å²) in [6.07, 6.45) is 2.21. The van der Waals surface area contributed by atoms with Crippen molar-refractivity contribution in [3.63, 3.8) is 0 Å². The number of nitrogens with one attached hydrogen (secondary N) is 2. The van der Waals surface area contributed by atoms with Gasteiger partial charge in [0.15, 0.2) is 17.1 Å². The van der Waals surface area contributed by atoms with E-state index in [0.29, 0.717) is 26.2 Å². The third kappa shape index (κ3) is 9.71. The molecule has 18 nitrogen and oxygen atoms in total. The molecule has 1 heterocycles. The summed E-state index contributed by atoms with van der Waals surface area (Å²) in [4.78, 5) is 60.7. The number of hydrogen-bond donors (Lipinski definition) is 4. The van der Waals surface area contributed by atoms with Gasteiger partial charge in [0.2, 0.25) is 5.91 Å². The number of nitro benzene ring substituents is 2. The van der Waals surface area contributed by atoms with Gasteiger partial charge in [-0.3, -0.25) is 29.9 Å². The number of hydrogen-bond acceptors (Lipinski definition) is 13. The molecule has 2 amide bonds. The summed E-state index contributed by atoms with van der Waals surface area (Å²) in [5.74, 6) is 4.32. The molecule has 5 N–H and O–H groups in total. The Morgan fingerprint density at radius 2 is 1.47 bits per heavy atom. The molecule has 0 aromatic heterocycles. The lowest BCUT2D eigenvalue weighted by Gasteiger charge is -2.40. The Labute approximate surface area is 281 Å². The second-order valence-electron chi connectivity index (χ2n) is 11.0. The monoisotopic (exact) mass is 683 g/mol. The normalized spacial score (nSPS) is 13.2. The molecule has 18 heteroatoms. The van der Waals surface area contributed by atoms with E-state index in [0.717, 1.165) is 19.2 Å². The Balaban J connectivity index is 1.74. The minimum atomic E-state index is -0.975. The standard InChI is InChI=1S/C31H37N7O11/c1-31(2,36-13-11-35(12-14-36)30(41)42)8-7-15-49-25-18-20(28(32)39)16-22(37(43)44)27(25)34-10-6-5-9-33-26-23(38(45)46)17-21(29(40)48-4)19-24(26)47-3/h5-6,16-19,33-34H,9-15H2,1-4H3,(H2,32,39)(H,41,42)/b6-5+. The minimum absolute atomic E-state index is 0.0259. The molecule has 0 bridgehead atoms. The maximum Gasteiger partial charge on any atom is 0.407 e.